The number of aromatic hydroxyl groups is 1. The Morgan fingerprint density at radius 2 is 1.69 bits per heavy atom. The summed E-state index contributed by atoms with van der Waals surface area (Å²) in [5, 5.41) is 14.2. The lowest BCUT2D eigenvalue weighted by Crippen LogP contribution is -1.99. The van der Waals surface area contributed by atoms with Crippen molar-refractivity contribution in [2.45, 2.75) is 39.5 Å². The SMILES string of the molecule is CC(C)c1nn(C)c(C(C)C)c1O. The zero-order chi connectivity index (χ0) is 10.2. The normalized spacial score (nSPS) is 11.6. The van der Waals surface area contributed by atoms with Crippen molar-refractivity contribution in [3.8, 4) is 5.75 Å². The molecule has 0 aliphatic carbocycles. The van der Waals surface area contributed by atoms with Gasteiger partial charge in [0.15, 0.2) is 5.75 Å². The van der Waals surface area contributed by atoms with E-state index in [2.05, 4.69) is 18.9 Å². The zero-order valence-electron chi connectivity index (χ0n) is 9.00. The average Bonchev–Trinajstić information content (AvgIpc) is 2.26. The largest absolute Gasteiger partial charge is 0.504 e. The van der Waals surface area contributed by atoms with E-state index >= 15 is 0 Å². The fourth-order valence-electron chi connectivity index (χ4n) is 1.58. The molecule has 0 spiro atoms. The molecule has 0 aromatic carbocycles. The number of hydrogen-bond acceptors (Lipinski definition) is 2. The first-order valence-corrected chi connectivity index (χ1v) is 4.70. The van der Waals surface area contributed by atoms with Gasteiger partial charge in [-0.15, -0.1) is 0 Å². The van der Waals surface area contributed by atoms with Crippen molar-refractivity contribution >= 4 is 0 Å². The molecular formula is C10H18N2O. The van der Waals surface area contributed by atoms with Crippen LogP contribution < -0.4 is 0 Å². The third kappa shape index (κ3) is 1.69. The summed E-state index contributed by atoms with van der Waals surface area (Å²) in [7, 11) is 1.88. The van der Waals surface area contributed by atoms with Crippen molar-refractivity contribution in [3.05, 3.63) is 11.4 Å². The first kappa shape index (κ1) is 10.1. The Balaban J connectivity index is 3.22. The van der Waals surface area contributed by atoms with E-state index in [9.17, 15) is 5.11 Å². The smallest absolute Gasteiger partial charge is 0.160 e. The van der Waals surface area contributed by atoms with Crippen molar-refractivity contribution in [2.24, 2.45) is 7.05 Å². The molecule has 0 unspecified atom stereocenters. The molecule has 13 heavy (non-hydrogen) atoms. The van der Waals surface area contributed by atoms with Crippen molar-refractivity contribution in [1.29, 1.82) is 0 Å². The summed E-state index contributed by atoms with van der Waals surface area (Å²) >= 11 is 0. The summed E-state index contributed by atoms with van der Waals surface area (Å²) in [6, 6.07) is 0. The number of aryl methyl sites for hydroxylation is 1. The average molecular weight is 182 g/mol. The Bertz CT molecular complexity index is 300. The summed E-state index contributed by atoms with van der Waals surface area (Å²) in [5.74, 6) is 0.955. The first-order chi connectivity index (χ1) is 5.95. The van der Waals surface area contributed by atoms with Crippen molar-refractivity contribution in [2.75, 3.05) is 0 Å². The number of rotatable bonds is 2. The Hall–Kier alpha value is -0.990. The third-order valence-corrected chi connectivity index (χ3v) is 2.19. The maximum absolute atomic E-state index is 9.87. The summed E-state index contributed by atoms with van der Waals surface area (Å²) in [5.41, 5.74) is 1.72. The van der Waals surface area contributed by atoms with Crippen LogP contribution in [0.2, 0.25) is 0 Å². The highest BCUT2D eigenvalue weighted by molar-refractivity contribution is 5.35. The molecule has 0 aliphatic heterocycles. The van der Waals surface area contributed by atoms with Crippen LogP contribution in [-0.4, -0.2) is 14.9 Å². The van der Waals surface area contributed by atoms with Crippen molar-refractivity contribution in [1.82, 2.24) is 9.78 Å². The highest BCUT2D eigenvalue weighted by Crippen LogP contribution is 2.32. The Kier molecular flexibility index (Phi) is 2.64. The molecule has 0 aliphatic rings. The van der Waals surface area contributed by atoms with Gasteiger partial charge in [-0.3, -0.25) is 4.68 Å². The minimum absolute atomic E-state index is 0.277. The van der Waals surface area contributed by atoms with E-state index in [1.165, 1.54) is 0 Å². The van der Waals surface area contributed by atoms with Crippen LogP contribution in [0.1, 0.15) is 50.9 Å². The first-order valence-electron chi connectivity index (χ1n) is 4.70. The molecule has 0 fully saturated rings. The maximum Gasteiger partial charge on any atom is 0.160 e. The zero-order valence-corrected chi connectivity index (χ0v) is 9.00. The van der Waals surface area contributed by atoms with Crippen LogP contribution in [0.4, 0.5) is 0 Å². The van der Waals surface area contributed by atoms with Gasteiger partial charge in [0.2, 0.25) is 0 Å². The Morgan fingerprint density at radius 1 is 1.15 bits per heavy atom. The highest BCUT2D eigenvalue weighted by Gasteiger charge is 2.19. The minimum Gasteiger partial charge on any atom is -0.504 e. The van der Waals surface area contributed by atoms with E-state index < -0.39 is 0 Å². The van der Waals surface area contributed by atoms with Crippen LogP contribution in [0, 0.1) is 0 Å². The Labute approximate surface area is 79.4 Å². The van der Waals surface area contributed by atoms with E-state index in [-0.39, 0.29) is 5.92 Å². The van der Waals surface area contributed by atoms with E-state index in [0.29, 0.717) is 11.7 Å². The molecule has 3 heteroatoms. The molecule has 0 saturated heterocycles. The van der Waals surface area contributed by atoms with Gasteiger partial charge in [-0.1, -0.05) is 27.7 Å². The van der Waals surface area contributed by atoms with E-state index in [1.807, 2.05) is 20.9 Å². The van der Waals surface area contributed by atoms with Crippen LogP contribution in [0.5, 0.6) is 5.75 Å². The molecular weight excluding hydrogens is 164 g/mol. The van der Waals surface area contributed by atoms with Crippen LogP contribution in [0.3, 0.4) is 0 Å². The van der Waals surface area contributed by atoms with E-state index in [1.54, 1.807) is 4.68 Å². The molecule has 3 nitrogen and oxygen atoms in total. The third-order valence-electron chi connectivity index (χ3n) is 2.19. The van der Waals surface area contributed by atoms with Crippen LogP contribution in [0.25, 0.3) is 0 Å². The molecule has 0 bridgehead atoms. The van der Waals surface area contributed by atoms with Gasteiger partial charge in [0.25, 0.3) is 0 Å². The number of nitrogens with zero attached hydrogens (tertiary/aromatic N) is 2. The summed E-state index contributed by atoms with van der Waals surface area (Å²) in [6.07, 6.45) is 0. The van der Waals surface area contributed by atoms with Gasteiger partial charge < -0.3 is 5.11 Å². The molecule has 1 rings (SSSR count). The summed E-state index contributed by atoms with van der Waals surface area (Å²) in [4.78, 5) is 0. The standard InChI is InChI=1S/C10H18N2O/c1-6(2)8-10(13)9(7(3)4)12(5)11-8/h6-7,13H,1-5H3. The van der Waals surface area contributed by atoms with Crippen LogP contribution in [-0.2, 0) is 7.05 Å². The molecule has 1 aromatic heterocycles. The van der Waals surface area contributed by atoms with E-state index in [0.717, 1.165) is 11.4 Å². The van der Waals surface area contributed by atoms with Crippen LogP contribution in [0.15, 0.2) is 0 Å². The van der Waals surface area contributed by atoms with Gasteiger partial charge in [-0.05, 0) is 5.92 Å². The second-order valence-electron chi connectivity index (χ2n) is 4.05. The molecule has 1 heterocycles. The fourth-order valence-corrected chi connectivity index (χ4v) is 1.58. The van der Waals surface area contributed by atoms with Crippen LogP contribution >= 0.6 is 0 Å². The summed E-state index contributed by atoms with van der Waals surface area (Å²) < 4.78 is 1.77. The maximum atomic E-state index is 9.87. The number of aromatic nitrogens is 2. The lowest BCUT2D eigenvalue weighted by molar-refractivity contribution is 0.453. The summed E-state index contributed by atoms with van der Waals surface area (Å²) in [6.45, 7) is 8.18. The van der Waals surface area contributed by atoms with Crippen molar-refractivity contribution in [3.63, 3.8) is 0 Å². The molecule has 1 N–H and O–H groups in total. The van der Waals surface area contributed by atoms with Gasteiger partial charge >= 0.3 is 0 Å². The second kappa shape index (κ2) is 3.40. The van der Waals surface area contributed by atoms with Gasteiger partial charge in [0.1, 0.15) is 5.69 Å². The topological polar surface area (TPSA) is 38.0 Å². The quantitative estimate of drug-likeness (QED) is 0.762. The van der Waals surface area contributed by atoms with Gasteiger partial charge in [0, 0.05) is 13.0 Å². The predicted octanol–water partition coefficient (Wildman–Crippen LogP) is 2.37. The highest BCUT2D eigenvalue weighted by atomic mass is 16.3. The molecule has 1 aromatic rings. The lowest BCUT2D eigenvalue weighted by Gasteiger charge is -2.05. The van der Waals surface area contributed by atoms with Crippen molar-refractivity contribution < 1.29 is 5.11 Å². The Morgan fingerprint density at radius 3 is 1.92 bits per heavy atom. The van der Waals surface area contributed by atoms with E-state index in [4.69, 9.17) is 0 Å². The minimum atomic E-state index is 0.277. The van der Waals surface area contributed by atoms with Gasteiger partial charge in [0.05, 0.1) is 5.69 Å². The molecule has 74 valence electrons. The lowest BCUT2D eigenvalue weighted by atomic mass is 10.1. The van der Waals surface area contributed by atoms with Gasteiger partial charge in [-0.2, -0.15) is 5.10 Å². The molecule has 0 atom stereocenters. The molecule has 0 saturated carbocycles. The molecule has 0 radical (unpaired) electrons. The number of hydrogen-bond donors (Lipinski definition) is 1. The predicted molar refractivity (Wildman–Crippen MR) is 53.1 cm³/mol. The molecule has 0 amide bonds. The second-order valence-corrected chi connectivity index (χ2v) is 4.05. The fraction of sp³-hybridized carbons (Fsp3) is 0.700. The van der Waals surface area contributed by atoms with Gasteiger partial charge in [-0.25, -0.2) is 0 Å². The monoisotopic (exact) mass is 182 g/mol.